The maximum atomic E-state index is 13.0. The molecule has 170 valence electrons. The highest BCUT2D eigenvalue weighted by molar-refractivity contribution is 7.89. The van der Waals surface area contributed by atoms with Crippen LogP contribution in [0.15, 0.2) is 52.4 Å². The summed E-state index contributed by atoms with van der Waals surface area (Å²) in [6.07, 6.45) is 5.06. The molecule has 0 N–H and O–H groups in total. The standard InChI is InChI=1S/C23H27N3O4S2/c1-25-21-19(30-3)10-7-11-20(21)31-23(25)24-22(27)16-12-14-18(15-13-16)32(28,29)26(2)17-8-5-4-6-9-17/h7,10-15,17H,4-6,8-9H2,1-3H3. The van der Waals surface area contributed by atoms with Gasteiger partial charge in [0.1, 0.15) is 11.3 Å². The molecule has 0 spiro atoms. The molecule has 2 aromatic carbocycles. The summed E-state index contributed by atoms with van der Waals surface area (Å²) in [6.45, 7) is 0. The third-order valence-electron chi connectivity index (χ3n) is 6.07. The van der Waals surface area contributed by atoms with Gasteiger partial charge < -0.3 is 9.30 Å². The van der Waals surface area contributed by atoms with Gasteiger partial charge in [-0.1, -0.05) is 36.7 Å². The topological polar surface area (TPSA) is 81.0 Å². The van der Waals surface area contributed by atoms with Gasteiger partial charge in [0.2, 0.25) is 10.0 Å². The summed E-state index contributed by atoms with van der Waals surface area (Å²) in [5.41, 5.74) is 1.22. The minimum Gasteiger partial charge on any atom is -0.495 e. The number of sulfonamides is 1. The van der Waals surface area contributed by atoms with Crippen LogP contribution in [0.3, 0.4) is 0 Å². The van der Waals surface area contributed by atoms with E-state index in [1.165, 1.54) is 39.9 Å². The zero-order valence-electron chi connectivity index (χ0n) is 18.4. The van der Waals surface area contributed by atoms with Gasteiger partial charge in [-0.25, -0.2) is 8.42 Å². The summed E-state index contributed by atoms with van der Waals surface area (Å²) in [4.78, 5) is 17.8. The third kappa shape index (κ3) is 4.24. The molecule has 3 aromatic rings. The molecule has 1 fully saturated rings. The Balaban J connectivity index is 1.60. The molecule has 1 aromatic heterocycles. The Morgan fingerprint density at radius 3 is 2.47 bits per heavy atom. The Hall–Kier alpha value is -2.49. The van der Waals surface area contributed by atoms with Gasteiger partial charge in [0.25, 0.3) is 5.91 Å². The molecule has 9 heteroatoms. The van der Waals surface area contributed by atoms with Crippen LogP contribution in [0.1, 0.15) is 42.5 Å². The first-order valence-electron chi connectivity index (χ1n) is 10.6. The number of aryl methyl sites for hydroxylation is 1. The lowest BCUT2D eigenvalue weighted by Crippen LogP contribution is -2.38. The van der Waals surface area contributed by atoms with Gasteiger partial charge in [0.05, 0.1) is 16.7 Å². The molecule has 0 unspecified atom stereocenters. The summed E-state index contributed by atoms with van der Waals surface area (Å²) >= 11 is 1.40. The number of para-hydroxylation sites is 1. The molecule has 4 rings (SSSR count). The maximum Gasteiger partial charge on any atom is 0.279 e. The number of aromatic nitrogens is 1. The lowest BCUT2D eigenvalue weighted by Gasteiger charge is -2.30. The van der Waals surface area contributed by atoms with Crippen molar-refractivity contribution in [3.8, 4) is 5.75 Å². The van der Waals surface area contributed by atoms with Gasteiger partial charge in [-0.3, -0.25) is 4.79 Å². The zero-order valence-corrected chi connectivity index (χ0v) is 20.1. The number of carbonyl (C=O) groups is 1. The molecule has 1 aliphatic carbocycles. The van der Waals surface area contributed by atoms with Gasteiger partial charge in [0.15, 0.2) is 4.80 Å². The van der Waals surface area contributed by atoms with Crippen molar-refractivity contribution in [2.24, 2.45) is 12.0 Å². The molecule has 0 radical (unpaired) electrons. The van der Waals surface area contributed by atoms with Gasteiger partial charge in [-0.2, -0.15) is 9.30 Å². The molecule has 1 heterocycles. The van der Waals surface area contributed by atoms with Gasteiger partial charge in [0, 0.05) is 25.7 Å². The number of thiazole rings is 1. The molecule has 1 amide bonds. The van der Waals surface area contributed by atoms with Crippen LogP contribution in [0.4, 0.5) is 0 Å². The molecule has 1 saturated carbocycles. The molecule has 1 aliphatic rings. The summed E-state index contributed by atoms with van der Waals surface area (Å²) in [6, 6.07) is 11.8. The van der Waals surface area contributed by atoms with E-state index in [0.29, 0.717) is 16.1 Å². The highest BCUT2D eigenvalue weighted by atomic mass is 32.2. The number of fused-ring (bicyclic) bond motifs is 1. The van der Waals surface area contributed by atoms with Crippen LogP contribution in [0.2, 0.25) is 0 Å². The van der Waals surface area contributed by atoms with E-state index in [9.17, 15) is 13.2 Å². The first-order chi connectivity index (χ1) is 15.3. The number of amides is 1. The van der Waals surface area contributed by atoms with E-state index < -0.39 is 15.9 Å². The van der Waals surface area contributed by atoms with Gasteiger partial charge >= 0.3 is 0 Å². The van der Waals surface area contributed by atoms with Gasteiger partial charge in [-0.05, 0) is 49.2 Å². The van der Waals surface area contributed by atoms with Crippen molar-refractivity contribution < 1.29 is 17.9 Å². The predicted octanol–water partition coefficient (Wildman–Crippen LogP) is 3.94. The highest BCUT2D eigenvalue weighted by Gasteiger charge is 2.29. The number of rotatable bonds is 5. The highest BCUT2D eigenvalue weighted by Crippen LogP contribution is 2.27. The number of methoxy groups -OCH3 is 1. The molecule has 0 bridgehead atoms. The Bertz CT molecular complexity index is 1300. The fourth-order valence-electron chi connectivity index (χ4n) is 4.17. The number of nitrogens with zero attached hydrogens (tertiary/aromatic N) is 3. The number of benzene rings is 2. The number of ether oxygens (including phenoxy) is 1. The number of carbonyl (C=O) groups excluding carboxylic acids is 1. The molecule has 0 atom stereocenters. The second-order valence-electron chi connectivity index (χ2n) is 8.01. The summed E-state index contributed by atoms with van der Waals surface area (Å²) in [5, 5.41) is 0. The summed E-state index contributed by atoms with van der Waals surface area (Å²) in [5.74, 6) is 0.294. The molecule has 7 nitrogen and oxygen atoms in total. The minimum absolute atomic E-state index is 0.0370. The van der Waals surface area contributed by atoms with Crippen LogP contribution in [0, 0.1) is 0 Å². The summed E-state index contributed by atoms with van der Waals surface area (Å²) < 4.78 is 35.7. The maximum absolute atomic E-state index is 13.0. The van der Waals surface area contributed by atoms with Crippen molar-refractivity contribution in [1.29, 1.82) is 0 Å². The SMILES string of the molecule is COc1cccc2sc(=NC(=O)c3ccc(S(=O)(=O)N(C)C4CCCCC4)cc3)n(C)c12. The lowest BCUT2D eigenvalue weighted by atomic mass is 9.96. The molecule has 32 heavy (non-hydrogen) atoms. The smallest absolute Gasteiger partial charge is 0.279 e. The van der Waals surface area contributed by atoms with Crippen LogP contribution in [0.25, 0.3) is 10.2 Å². The van der Waals surface area contributed by atoms with Crippen LogP contribution in [-0.2, 0) is 17.1 Å². The van der Waals surface area contributed by atoms with Crippen molar-refractivity contribution in [3.63, 3.8) is 0 Å². The lowest BCUT2D eigenvalue weighted by molar-refractivity contribution is 0.0998. The minimum atomic E-state index is -3.60. The monoisotopic (exact) mass is 473 g/mol. The van der Waals surface area contributed by atoms with Crippen LogP contribution in [0.5, 0.6) is 5.75 Å². The van der Waals surface area contributed by atoms with Crippen molar-refractivity contribution in [2.75, 3.05) is 14.2 Å². The fraction of sp³-hybridized carbons (Fsp3) is 0.391. The van der Waals surface area contributed by atoms with E-state index in [1.807, 2.05) is 29.8 Å². The van der Waals surface area contributed by atoms with E-state index in [0.717, 1.165) is 42.3 Å². The largest absolute Gasteiger partial charge is 0.495 e. The number of hydrogen-bond acceptors (Lipinski definition) is 5. The predicted molar refractivity (Wildman–Crippen MR) is 126 cm³/mol. The summed E-state index contributed by atoms with van der Waals surface area (Å²) in [7, 11) is 1.50. The fourth-order valence-corrected chi connectivity index (χ4v) is 6.62. The molecular formula is C23H27N3O4S2. The molecular weight excluding hydrogens is 446 g/mol. The first kappa shape index (κ1) is 22.7. The van der Waals surface area contributed by atoms with Crippen molar-refractivity contribution in [3.05, 3.63) is 52.8 Å². The van der Waals surface area contributed by atoms with Gasteiger partial charge in [-0.15, -0.1) is 0 Å². The zero-order chi connectivity index (χ0) is 22.9. The third-order valence-corrected chi connectivity index (χ3v) is 9.09. The second-order valence-corrected chi connectivity index (χ2v) is 11.0. The van der Waals surface area contributed by atoms with E-state index in [1.54, 1.807) is 14.2 Å². The van der Waals surface area contributed by atoms with Crippen molar-refractivity contribution in [2.45, 2.75) is 43.0 Å². The van der Waals surface area contributed by atoms with E-state index in [2.05, 4.69) is 4.99 Å². The van der Waals surface area contributed by atoms with E-state index in [4.69, 9.17) is 4.74 Å². The van der Waals surface area contributed by atoms with Crippen LogP contribution in [-0.4, -0.2) is 43.4 Å². The normalized spacial score (nSPS) is 16.1. The Morgan fingerprint density at radius 1 is 1.12 bits per heavy atom. The first-order valence-corrected chi connectivity index (χ1v) is 12.9. The quantitative estimate of drug-likeness (QED) is 0.562. The second kappa shape index (κ2) is 9.17. The number of hydrogen-bond donors (Lipinski definition) is 0. The van der Waals surface area contributed by atoms with Crippen LogP contribution >= 0.6 is 11.3 Å². The van der Waals surface area contributed by atoms with Crippen molar-refractivity contribution >= 4 is 37.5 Å². The molecule has 0 saturated heterocycles. The van der Waals surface area contributed by atoms with E-state index >= 15 is 0 Å². The average molecular weight is 474 g/mol. The average Bonchev–Trinajstić information content (AvgIpc) is 3.14. The van der Waals surface area contributed by atoms with Crippen molar-refractivity contribution in [1.82, 2.24) is 8.87 Å². The molecule has 0 aliphatic heterocycles. The van der Waals surface area contributed by atoms with E-state index in [-0.39, 0.29) is 10.9 Å². The Morgan fingerprint density at radius 2 is 1.81 bits per heavy atom. The Kier molecular flexibility index (Phi) is 6.50. The van der Waals surface area contributed by atoms with Crippen LogP contribution < -0.4 is 9.54 Å². The Labute approximate surface area is 192 Å².